The SMILES string of the molecule is CC(C)(C)CC(=O)N1[C@H]2CC[C@H]1c1c(nc(-c3ccncc3)nc1NC1CC1)C2. The highest BCUT2D eigenvalue weighted by molar-refractivity contribution is 5.79. The molecule has 0 radical (unpaired) electrons. The molecule has 29 heavy (non-hydrogen) atoms. The molecule has 6 nitrogen and oxygen atoms in total. The van der Waals surface area contributed by atoms with Crippen LogP contribution in [0.2, 0.25) is 0 Å². The lowest BCUT2D eigenvalue weighted by molar-refractivity contribution is -0.136. The fraction of sp³-hybridized carbons (Fsp3) is 0.565. The molecule has 1 saturated carbocycles. The van der Waals surface area contributed by atoms with Crippen LogP contribution in [-0.4, -0.2) is 37.8 Å². The van der Waals surface area contributed by atoms with Gasteiger partial charge in [0.2, 0.25) is 5.91 Å². The molecule has 2 bridgehead atoms. The van der Waals surface area contributed by atoms with Crippen LogP contribution >= 0.6 is 0 Å². The van der Waals surface area contributed by atoms with Gasteiger partial charge in [0.15, 0.2) is 5.82 Å². The minimum absolute atomic E-state index is 0.00635. The van der Waals surface area contributed by atoms with Crippen molar-refractivity contribution >= 4 is 11.7 Å². The molecule has 6 heteroatoms. The number of hydrogen-bond donors (Lipinski definition) is 1. The van der Waals surface area contributed by atoms with Gasteiger partial charge in [-0.15, -0.1) is 0 Å². The van der Waals surface area contributed by atoms with E-state index >= 15 is 0 Å². The zero-order chi connectivity index (χ0) is 20.2. The molecule has 0 aromatic carbocycles. The summed E-state index contributed by atoms with van der Waals surface area (Å²) in [4.78, 5) is 29.3. The monoisotopic (exact) mass is 391 g/mol. The molecular weight excluding hydrogens is 362 g/mol. The number of anilines is 1. The maximum Gasteiger partial charge on any atom is 0.223 e. The van der Waals surface area contributed by atoms with Gasteiger partial charge in [-0.05, 0) is 43.2 Å². The van der Waals surface area contributed by atoms with Crippen LogP contribution in [0.5, 0.6) is 0 Å². The van der Waals surface area contributed by atoms with E-state index in [9.17, 15) is 4.79 Å². The molecule has 152 valence electrons. The Morgan fingerprint density at radius 2 is 1.90 bits per heavy atom. The topological polar surface area (TPSA) is 71.0 Å². The van der Waals surface area contributed by atoms with Gasteiger partial charge < -0.3 is 10.2 Å². The Bertz CT molecular complexity index is 932. The lowest BCUT2D eigenvalue weighted by atomic mass is 9.89. The van der Waals surface area contributed by atoms with Crippen molar-refractivity contribution in [3.8, 4) is 11.4 Å². The van der Waals surface area contributed by atoms with Gasteiger partial charge in [0.1, 0.15) is 5.82 Å². The molecule has 1 saturated heterocycles. The van der Waals surface area contributed by atoms with E-state index in [4.69, 9.17) is 9.97 Å². The summed E-state index contributed by atoms with van der Waals surface area (Å²) < 4.78 is 0. The highest BCUT2D eigenvalue weighted by atomic mass is 16.2. The van der Waals surface area contributed by atoms with Gasteiger partial charge in [0.25, 0.3) is 0 Å². The number of nitrogens with one attached hydrogen (secondary N) is 1. The summed E-state index contributed by atoms with van der Waals surface area (Å²) in [6.45, 7) is 6.40. The van der Waals surface area contributed by atoms with Gasteiger partial charge in [0, 0.05) is 48.4 Å². The summed E-state index contributed by atoms with van der Waals surface area (Å²) in [6, 6.07) is 4.78. The maximum absolute atomic E-state index is 13.2. The molecule has 2 fully saturated rings. The van der Waals surface area contributed by atoms with Crippen LogP contribution in [-0.2, 0) is 11.2 Å². The maximum atomic E-state index is 13.2. The van der Waals surface area contributed by atoms with Crippen molar-refractivity contribution < 1.29 is 4.79 Å². The number of nitrogens with zero attached hydrogens (tertiary/aromatic N) is 4. The Morgan fingerprint density at radius 1 is 1.14 bits per heavy atom. The van der Waals surface area contributed by atoms with Crippen molar-refractivity contribution in [2.45, 2.75) is 77.4 Å². The van der Waals surface area contributed by atoms with E-state index in [0.29, 0.717) is 12.5 Å². The number of carbonyl (C=O) groups excluding carboxylic acids is 1. The van der Waals surface area contributed by atoms with Crippen molar-refractivity contribution in [3.63, 3.8) is 0 Å². The van der Waals surface area contributed by atoms with Crippen molar-refractivity contribution in [1.82, 2.24) is 19.9 Å². The standard InChI is InChI=1S/C23H29N5O/c1-23(2,3)13-19(29)28-16-6-7-18(28)20-17(12-16)26-21(14-8-10-24-11-9-14)27-22(20)25-15-4-5-15/h8-11,15-16,18H,4-7,12-13H2,1-3H3,(H,25,26,27)/t16-,18-/m0/s1. The van der Waals surface area contributed by atoms with Crippen LogP contribution in [0.3, 0.4) is 0 Å². The molecule has 1 aliphatic carbocycles. The fourth-order valence-electron chi connectivity index (χ4n) is 4.70. The molecule has 3 aliphatic rings. The van der Waals surface area contributed by atoms with E-state index in [1.807, 2.05) is 12.1 Å². The normalized spacial score (nSPS) is 23.1. The summed E-state index contributed by atoms with van der Waals surface area (Å²) in [7, 11) is 0. The molecule has 1 N–H and O–H groups in total. The fourth-order valence-corrected chi connectivity index (χ4v) is 4.70. The number of aromatic nitrogens is 3. The molecule has 5 rings (SSSR count). The third-order valence-corrected chi connectivity index (χ3v) is 6.12. The Labute approximate surface area is 172 Å². The average molecular weight is 392 g/mol. The Kier molecular flexibility index (Phi) is 4.33. The molecule has 2 aliphatic heterocycles. The number of hydrogen-bond acceptors (Lipinski definition) is 5. The van der Waals surface area contributed by atoms with E-state index in [1.54, 1.807) is 12.4 Å². The molecule has 1 amide bonds. The van der Waals surface area contributed by atoms with Crippen molar-refractivity contribution in [2.75, 3.05) is 5.32 Å². The largest absolute Gasteiger partial charge is 0.367 e. The second-order valence-corrected chi connectivity index (χ2v) is 9.90. The van der Waals surface area contributed by atoms with E-state index in [1.165, 1.54) is 12.8 Å². The van der Waals surface area contributed by atoms with Crippen LogP contribution in [0.1, 0.15) is 70.2 Å². The predicted molar refractivity (Wildman–Crippen MR) is 112 cm³/mol. The summed E-state index contributed by atoms with van der Waals surface area (Å²) in [5.74, 6) is 1.96. The highest BCUT2D eigenvalue weighted by Crippen LogP contribution is 2.47. The van der Waals surface area contributed by atoms with E-state index in [-0.39, 0.29) is 23.4 Å². The first-order chi connectivity index (χ1) is 13.9. The second-order valence-electron chi connectivity index (χ2n) is 9.90. The molecule has 2 aromatic heterocycles. The van der Waals surface area contributed by atoms with Crippen LogP contribution in [0, 0.1) is 5.41 Å². The first-order valence-electron chi connectivity index (χ1n) is 10.8. The molecular formula is C23H29N5O. The average Bonchev–Trinajstić information content (AvgIpc) is 3.42. The van der Waals surface area contributed by atoms with Crippen molar-refractivity contribution in [3.05, 3.63) is 35.8 Å². The third kappa shape index (κ3) is 3.61. The number of fused-ring (bicyclic) bond motifs is 4. The lowest BCUT2D eigenvalue weighted by Crippen LogP contribution is -2.43. The molecule has 0 unspecified atom stereocenters. The first kappa shape index (κ1) is 18.5. The van der Waals surface area contributed by atoms with Crippen LogP contribution in [0.15, 0.2) is 24.5 Å². The smallest absolute Gasteiger partial charge is 0.223 e. The number of rotatable bonds is 4. The van der Waals surface area contributed by atoms with Crippen molar-refractivity contribution in [1.29, 1.82) is 0 Å². The van der Waals surface area contributed by atoms with Gasteiger partial charge in [-0.2, -0.15) is 0 Å². The van der Waals surface area contributed by atoms with E-state index < -0.39 is 0 Å². The first-order valence-corrected chi connectivity index (χ1v) is 10.8. The number of carbonyl (C=O) groups is 1. The van der Waals surface area contributed by atoms with Gasteiger partial charge in [-0.3, -0.25) is 9.78 Å². The van der Waals surface area contributed by atoms with Gasteiger partial charge in [0.05, 0.1) is 11.7 Å². The minimum Gasteiger partial charge on any atom is -0.367 e. The Hall–Kier alpha value is -2.50. The summed E-state index contributed by atoms with van der Waals surface area (Å²) >= 11 is 0. The van der Waals surface area contributed by atoms with E-state index in [2.05, 4.69) is 36.0 Å². The van der Waals surface area contributed by atoms with E-state index in [0.717, 1.165) is 47.7 Å². The van der Waals surface area contributed by atoms with Gasteiger partial charge in [-0.1, -0.05) is 20.8 Å². The van der Waals surface area contributed by atoms with Crippen LogP contribution < -0.4 is 5.32 Å². The van der Waals surface area contributed by atoms with Crippen LogP contribution in [0.25, 0.3) is 11.4 Å². The Balaban J connectivity index is 1.55. The van der Waals surface area contributed by atoms with Crippen molar-refractivity contribution in [2.24, 2.45) is 5.41 Å². The minimum atomic E-state index is -0.00635. The predicted octanol–water partition coefficient (Wildman–Crippen LogP) is 4.14. The third-order valence-electron chi connectivity index (χ3n) is 6.12. The summed E-state index contributed by atoms with van der Waals surface area (Å²) in [6.07, 6.45) is 9.38. The molecule has 2 atom stereocenters. The Morgan fingerprint density at radius 3 is 2.59 bits per heavy atom. The summed E-state index contributed by atoms with van der Waals surface area (Å²) in [5.41, 5.74) is 3.25. The summed E-state index contributed by atoms with van der Waals surface area (Å²) in [5, 5.41) is 3.64. The van der Waals surface area contributed by atoms with Gasteiger partial charge >= 0.3 is 0 Å². The zero-order valence-electron chi connectivity index (χ0n) is 17.5. The number of amides is 1. The van der Waals surface area contributed by atoms with Crippen LogP contribution in [0.4, 0.5) is 5.82 Å². The quantitative estimate of drug-likeness (QED) is 0.848. The number of pyridine rings is 1. The zero-order valence-corrected chi connectivity index (χ0v) is 17.5. The van der Waals surface area contributed by atoms with Gasteiger partial charge in [-0.25, -0.2) is 9.97 Å². The molecule has 0 spiro atoms. The highest BCUT2D eigenvalue weighted by Gasteiger charge is 2.45. The lowest BCUT2D eigenvalue weighted by Gasteiger charge is -2.38. The second kappa shape index (κ2) is 6.78. The molecule has 4 heterocycles. The molecule has 2 aromatic rings.